The molecule has 0 aliphatic heterocycles. The van der Waals surface area contributed by atoms with E-state index in [1.807, 2.05) is 36.4 Å². The molecule has 0 aliphatic rings. The van der Waals surface area contributed by atoms with E-state index in [1.165, 1.54) is 0 Å². The highest BCUT2D eigenvalue weighted by molar-refractivity contribution is 9.10. The van der Waals surface area contributed by atoms with Gasteiger partial charge in [-0.05, 0) is 60.7 Å². The fraction of sp³-hybridized carbons (Fsp3) is 0. The van der Waals surface area contributed by atoms with E-state index in [-0.39, 0.29) is 0 Å². The smallest absolute Gasteiger partial charge is 0.144 e. The maximum Gasteiger partial charge on any atom is 0.144 e. The molecule has 0 radical (unpaired) electrons. The zero-order valence-corrected chi connectivity index (χ0v) is 32.8. The lowest BCUT2D eigenvalue weighted by atomic mass is 9.98. The van der Waals surface area contributed by atoms with Crippen LogP contribution >= 0.6 is 31.9 Å². The molecule has 12 rings (SSSR count). The fourth-order valence-electron chi connectivity index (χ4n) is 8.09. The molecule has 0 saturated carbocycles. The van der Waals surface area contributed by atoms with E-state index in [2.05, 4.69) is 165 Å². The van der Waals surface area contributed by atoms with Crippen LogP contribution in [0.4, 0.5) is 0 Å². The second kappa shape index (κ2) is 13.2. The highest BCUT2D eigenvalue weighted by atomic mass is 79.9. The van der Waals surface area contributed by atoms with Crippen LogP contribution in [0, 0.1) is 0 Å². The predicted molar refractivity (Wildman–Crippen MR) is 239 cm³/mol. The first-order valence-electron chi connectivity index (χ1n) is 18.4. The first kappa shape index (κ1) is 33.0. The average Bonchev–Trinajstić information content (AvgIpc) is 3.83. The molecule has 8 aromatic carbocycles. The van der Waals surface area contributed by atoms with Crippen LogP contribution in [0.5, 0.6) is 0 Å². The fourth-order valence-corrected chi connectivity index (χ4v) is 8.62. The van der Waals surface area contributed by atoms with E-state index in [0.717, 1.165) is 119 Å². The molecular formula is C50H28Br2N2O2. The third-order valence-electron chi connectivity index (χ3n) is 10.7. The van der Waals surface area contributed by atoms with Crippen molar-refractivity contribution in [1.29, 1.82) is 0 Å². The van der Waals surface area contributed by atoms with Gasteiger partial charge in [-0.3, -0.25) is 0 Å². The number of rotatable bonds is 2. The molecule has 12 aromatic rings. The Morgan fingerprint density at radius 2 is 0.679 bits per heavy atom. The summed E-state index contributed by atoms with van der Waals surface area (Å²) in [5, 5.41) is 11.2. The van der Waals surface area contributed by atoms with Crippen molar-refractivity contribution in [2.45, 2.75) is 0 Å². The van der Waals surface area contributed by atoms with Crippen molar-refractivity contribution in [2.75, 3.05) is 0 Å². The maximum atomic E-state index is 6.35. The van der Waals surface area contributed by atoms with Crippen molar-refractivity contribution in [1.82, 2.24) is 9.97 Å². The zero-order valence-electron chi connectivity index (χ0n) is 29.6. The quantitative estimate of drug-likeness (QED) is 0.163. The number of benzene rings is 8. The molecule has 0 unspecified atom stereocenters. The Labute approximate surface area is 337 Å². The van der Waals surface area contributed by atoms with E-state index >= 15 is 0 Å². The van der Waals surface area contributed by atoms with E-state index in [0.29, 0.717) is 0 Å². The van der Waals surface area contributed by atoms with Gasteiger partial charge in [0.2, 0.25) is 0 Å². The second-order valence-electron chi connectivity index (χ2n) is 13.9. The van der Waals surface area contributed by atoms with Gasteiger partial charge in [0.1, 0.15) is 22.3 Å². The molecule has 0 saturated heterocycles. The predicted octanol–water partition coefficient (Wildman–Crippen LogP) is 15.4. The van der Waals surface area contributed by atoms with Gasteiger partial charge in [-0.15, -0.1) is 0 Å². The van der Waals surface area contributed by atoms with Crippen LogP contribution in [0.25, 0.3) is 110 Å². The van der Waals surface area contributed by atoms with Crippen molar-refractivity contribution in [3.8, 4) is 22.5 Å². The lowest BCUT2D eigenvalue weighted by Crippen LogP contribution is -1.90. The molecule has 0 fully saturated rings. The molecule has 6 heteroatoms. The average molecular weight is 849 g/mol. The minimum absolute atomic E-state index is 0.913. The first-order valence-corrected chi connectivity index (χ1v) is 19.9. The summed E-state index contributed by atoms with van der Waals surface area (Å²) in [6, 6.07) is 58.3. The molecular weight excluding hydrogens is 820 g/mol. The number of aromatic nitrogens is 2. The van der Waals surface area contributed by atoms with Gasteiger partial charge in [-0.25, -0.2) is 9.97 Å². The summed E-state index contributed by atoms with van der Waals surface area (Å²) in [6.45, 7) is 0. The van der Waals surface area contributed by atoms with Crippen LogP contribution in [-0.4, -0.2) is 9.97 Å². The molecule has 4 heterocycles. The van der Waals surface area contributed by atoms with Crippen molar-refractivity contribution >= 4 is 119 Å². The number of furan rings is 2. The van der Waals surface area contributed by atoms with Gasteiger partial charge < -0.3 is 8.83 Å². The number of hydrogen-bond acceptors (Lipinski definition) is 4. The summed E-state index contributed by atoms with van der Waals surface area (Å²) in [6.07, 6.45) is 0. The molecule has 56 heavy (non-hydrogen) atoms. The van der Waals surface area contributed by atoms with Gasteiger partial charge in [-0.1, -0.05) is 141 Å². The summed E-state index contributed by atoms with van der Waals surface area (Å²) < 4.78 is 14.8. The van der Waals surface area contributed by atoms with Crippen LogP contribution < -0.4 is 0 Å². The number of halogens is 2. The lowest BCUT2D eigenvalue weighted by molar-refractivity contribution is 0.672. The number of nitrogens with zero attached hydrogens (tertiary/aromatic N) is 2. The van der Waals surface area contributed by atoms with Crippen LogP contribution in [0.1, 0.15) is 0 Å². The van der Waals surface area contributed by atoms with Gasteiger partial charge in [0.05, 0.1) is 22.4 Å². The third-order valence-corrected chi connectivity index (χ3v) is 11.7. The number of fused-ring (bicyclic) bond motifs is 14. The van der Waals surface area contributed by atoms with E-state index in [1.54, 1.807) is 0 Å². The standard InChI is InChI=1S/2C25H14BrNO/c2*26-16-11-9-15(10-12-16)24-20-14-13-18-17-5-2-4-8-22(17)28-25(18)23(20)19-6-1-3-7-21(19)27-24/h2*1-14H. The summed E-state index contributed by atoms with van der Waals surface area (Å²) in [4.78, 5) is 10.0. The molecule has 0 aliphatic carbocycles. The van der Waals surface area contributed by atoms with Crippen molar-refractivity contribution < 1.29 is 8.83 Å². The van der Waals surface area contributed by atoms with Gasteiger partial charge in [0.15, 0.2) is 0 Å². The topological polar surface area (TPSA) is 52.1 Å². The Kier molecular flexibility index (Phi) is 7.76. The summed E-state index contributed by atoms with van der Waals surface area (Å²) in [7, 11) is 0. The molecule has 4 nitrogen and oxygen atoms in total. The largest absolute Gasteiger partial charge is 0.455 e. The molecule has 0 N–H and O–H groups in total. The van der Waals surface area contributed by atoms with E-state index in [9.17, 15) is 0 Å². The number of hydrogen-bond donors (Lipinski definition) is 0. The molecule has 0 bridgehead atoms. The summed E-state index contributed by atoms with van der Waals surface area (Å²) in [5.74, 6) is 0. The third kappa shape index (κ3) is 5.32. The van der Waals surface area contributed by atoms with Crippen molar-refractivity contribution in [2.24, 2.45) is 0 Å². The van der Waals surface area contributed by atoms with Crippen LogP contribution in [-0.2, 0) is 0 Å². The maximum absolute atomic E-state index is 6.35. The SMILES string of the molecule is Brc1ccc(-c2nc3ccccc3c3c2ccc2c4ccccc4oc23)cc1.Brc1ccc(-c2nc3ccccc3c3c2ccc2c4ccccc4oc23)cc1. The summed E-state index contributed by atoms with van der Waals surface area (Å²) >= 11 is 7.05. The van der Waals surface area contributed by atoms with Crippen molar-refractivity contribution in [3.63, 3.8) is 0 Å². The van der Waals surface area contributed by atoms with Crippen molar-refractivity contribution in [3.05, 3.63) is 179 Å². The van der Waals surface area contributed by atoms with Crippen LogP contribution in [0.3, 0.4) is 0 Å². The number of para-hydroxylation sites is 4. The highest BCUT2D eigenvalue weighted by Gasteiger charge is 2.18. The van der Waals surface area contributed by atoms with Gasteiger partial charge >= 0.3 is 0 Å². The Morgan fingerprint density at radius 3 is 1.11 bits per heavy atom. The molecule has 0 spiro atoms. The minimum Gasteiger partial charge on any atom is -0.455 e. The Hall–Kier alpha value is -6.34. The highest BCUT2D eigenvalue weighted by Crippen LogP contribution is 2.42. The summed E-state index contributed by atoms with van der Waals surface area (Å²) in [5.41, 5.74) is 9.76. The first-order chi connectivity index (χ1) is 27.6. The Bertz CT molecular complexity index is 3260. The molecule has 0 atom stereocenters. The lowest BCUT2D eigenvalue weighted by Gasteiger charge is -2.10. The van der Waals surface area contributed by atoms with E-state index < -0.39 is 0 Å². The number of pyridine rings is 2. The monoisotopic (exact) mass is 846 g/mol. The molecule has 0 amide bonds. The molecule has 4 aromatic heterocycles. The normalized spacial score (nSPS) is 11.8. The molecule has 264 valence electrons. The van der Waals surface area contributed by atoms with Gasteiger partial charge in [-0.2, -0.15) is 0 Å². The Morgan fingerprint density at radius 1 is 0.321 bits per heavy atom. The second-order valence-corrected chi connectivity index (χ2v) is 15.7. The van der Waals surface area contributed by atoms with E-state index in [4.69, 9.17) is 18.8 Å². The zero-order chi connectivity index (χ0) is 37.3. The minimum atomic E-state index is 0.913. The van der Waals surface area contributed by atoms with Crippen LogP contribution in [0.15, 0.2) is 188 Å². The van der Waals surface area contributed by atoms with Gasteiger partial charge in [0.25, 0.3) is 0 Å². The van der Waals surface area contributed by atoms with Gasteiger partial charge in [0, 0.05) is 73.9 Å². The Balaban J connectivity index is 0.000000130. The van der Waals surface area contributed by atoms with Crippen LogP contribution in [0.2, 0.25) is 0 Å².